The number of carbonyl (C=O) groups is 1. The van der Waals surface area contributed by atoms with Crippen LogP contribution in [0, 0.1) is 0 Å². The number of aromatic nitrogens is 4. The van der Waals surface area contributed by atoms with Gasteiger partial charge in [-0.2, -0.15) is 0 Å². The Kier molecular flexibility index (Phi) is 5.75. The molecule has 0 aromatic carbocycles. The van der Waals surface area contributed by atoms with E-state index >= 15 is 0 Å². The molecule has 2 aromatic rings. The second kappa shape index (κ2) is 7.56. The van der Waals surface area contributed by atoms with Crippen LogP contribution in [0.3, 0.4) is 0 Å². The molecule has 6 nitrogen and oxygen atoms in total. The lowest BCUT2D eigenvalue weighted by Crippen LogP contribution is -2.11. The third-order valence-electron chi connectivity index (χ3n) is 2.92. The molecule has 0 bridgehead atoms. The largest absolute Gasteiger partial charge is 0.481 e. The zero-order chi connectivity index (χ0) is 15.2. The van der Waals surface area contributed by atoms with Crippen LogP contribution in [0.1, 0.15) is 37.0 Å². The minimum absolute atomic E-state index is 0.00408. The van der Waals surface area contributed by atoms with Crippen molar-refractivity contribution in [2.45, 2.75) is 44.3 Å². The number of aliphatic carboxylic acids is 1. The van der Waals surface area contributed by atoms with E-state index in [0.29, 0.717) is 5.16 Å². The van der Waals surface area contributed by atoms with Gasteiger partial charge in [-0.15, -0.1) is 21.5 Å². The van der Waals surface area contributed by atoms with Crippen molar-refractivity contribution in [1.29, 1.82) is 0 Å². The number of thiazole rings is 1. The summed E-state index contributed by atoms with van der Waals surface area (Å²) < 4.78 is 2.03. The van der Waals surface area contributed by atoms with E-state index in [2.05, 4.69) is 29.0 Å². The summed E-state index contributed by atoms with van der Waals surface area (Å²) in [6.07, 6.45) is 3.62. The number of thioether (sulfide) groups is 1. The fraction of sp³-hybridized carbons (Fsp3) is 0.538. The first-order valence-corrected chi connectivity index (χ1v) is 8.64. The highest BCUT2D eigenvalue weighted by molar-refractivity contribution is 7.99. The van der Waals surface area contributed by atoms with Gasteiger partial charge in [0, 0.05) is 30.5 Å². The number of rotatable bonds is 8. The minimum Gasteiger partial charge on any atom is -0.481 e. The van der Waals surface area contributed by atoms with Crippen molar-refractivity contribution in [1.82, 2.24) is 19.7 Å². The number of nitrogens with zero attached hydrogens (tertiary/aromatic N) is 4. The maximum atomic E-state index is 10.7. The number of aryl methyl sites for hydroxylation is 1. The molecule has 0 saturated heterocycles. The third kappa shape index (κ3) is 4.28. The van der Waals surface area contributed by atoms with E-state index in [9.17, 15) is 4.79 Å². The van der Waals surface area contributed by atoms with E-state index in [1.807, 2.05) is 9.95 Å². The third-order valence-corrected chi connectivity index (χ3v) is 4.88. The summed E-state index contributed by atoms with van der Waals surface area (Å²) in [6.45, 7) is 4.92. The van der Waals surface area contributed by atoms with Gasteiger partial charge in [0.05, 0.1) is 10.8 Å². The van der Waals surface area contributed by atoms with Crippen LogP contribution < -0.4 is 0 Å². The molecular weight excluding hydrogens is 308 g/mol. The summed E-state index contributed by atoms with van der Waals surface area (Å²) in [4.78, 5) is 15.1. The van der Waals surface area contributed by atoms with E-state index in [1.165, 1.54) is 11.8 Å². The first kappa shape index (κ1) is 16.0. The van der Waals surface area contributed by atoms with Gasteiger partial charge in [-0.3, -0.25) is 4.79 Å². The highest BCUT2D eigenvalue weighted by atomic mass is 32.2. The summed E-state index contributed by atoms with van der Waals surface area (Å²) in [7, 11) is 0. The van der Waals surface area contributed by atoms with Crippen molar-refractivity contribution in [3.63, 3.8) is 0 Å². The normalized spacial score (nSPS) is 12.5. The summed E-state index contributed by atoms with van der Waals surface area (Å²) in [5.41, 5.74) is 0. The molecule has 2 aromatic heterocycles. The Balaban J connectivity index is 2.17. The van der Waals surface area contributed by atoms with Gasteiger partial charge < -0.3 is 9.67 Å². The summed E-state index contributed by atoms with van der Waals surface area (Å²) in [6, 6.07) is 0. The van der Waals surface area contributed by atoms with Crippen LogP contribution >= 0.6 is 23.1 Å². The lowest BCUT2D eigenvalue weighted by molar-refractivity contribution is -0.133. The molecular formula is C13H18N4O2S2. The van der Waals surface area contributed by atoms with Gasteiger partial charge in [-0.05, 0) is 6.42 Å². The molecule has 2 heterocycles. The van der Waals surface area contributed by atoms with Gasteiger partial charge in [-0.1, -0.05) is 25.6 Å². The van der Waals surface area contributed by atoms with Gasteiger partial charge in [0.2, 0.25) is 0 Å². The highest BCUT2D eigenvalue weighted by Gasteiger charge is 2.17. The van der Waals surface area contributed by atoms with Crippen molar-refractivity contribution in [3.05, 3.63) is 22.4 Å². The summed E-state index contributed by atoms with van der Waals surface area (Å²) in [5, 5.41) is 20.9. The zero-order valence-corrected chi connectivity index (χ0v) is 13.7. The van der Waals surface area contributed by atoms with E-state index in [1.54, 1.807) is 17.5 Å². The van der Waals surface area contributed by atoms with Gasteiger partial charge in [-0.25, -0.2) is 4.98 Å². The molecule has 1 N–H and O–H groups in total. The van der Waals surface area contributed by atoms with Crippen LogP contribution in [0.15, 0.2) is 16.7 Å². The van der Waals surface area contributed by atoms with Crippen LogP contribution in [-0.4, -0.2) is 36.6 Å². The second-order valence-corrected chi connectivity index (χ2v) is 6.58. The van der Waals surface area contributed by atoms with Crippen LogP contribution in [-0.2, 0) is 17.8 Å². The van der Waals surface area contributed by atoms with Gasteiger partial charge >= 0.3 is 5.97 Å². The van der Waals surface area contributed by atoms with Crippen LogP contribution in [0.25, 0.3) is 0 Å². The summed E-state index contributed by atoms with van der Waals surface area (Å²) in [5.74, 6) is 0.310. The fourth-order valence-electron chi connectivity index (χ4n) is 1.97. The molecule has 114 valence electrons. The predicted octanol–water partition coefficient (Wildman–Crippen LogP) is 2.67. The van der Waals surface area contributed by atoms with Crippen molar-refractivity contribution < 1.29 is 9.90 Å². The summed E-state index contributed by atoms with van der Waals surface area (Å²) >= 11 is 2.84. The second-order valence-electron chi connectivity index (χ2n) is 4.71. The molecule has 0 aliphatic rings. The van der Waals surface area contributed by atoms with Gasteiger partial charge in [0.1, 0.15) is 5.82 Å². The average Bonchev–Trinajstić information content (AvgIpc) is 3.08. The van der Waals surface area contributed by atoms with E-state index in [0.717, 1.165) is 30.2 Å². The topological polar surface area (TPSA) is 80.9 Å². The minimum atomic E-state index is -0.848. The van der Waals surface area contributed by atoms with E-state index in [-0.39, 0.29) is 11.7 Å². The fourth-order valence-corrected chi connectivity index (χ4v) is 3.35. The molecule has 0 aliphatic carbocycles. The number of hydrogen-bond donors (Lipinski definition) is 1. The molecule has 1 atom stereocenters. The molecule has 0 amide bonds. The molecule has 0 radical (unpaired) electrons. The molecule has 0 fully saturated rings. The standard InChI is InChI=1S/C13H18N4O2S2/c1-3-4-10-15-16-13(21-8-11(18)19)17(10)7-9(2)12-14-5-6-20-12/h5-6,9H,3-4,7-8H2,1-2H3,(H,18,19). The first-order valence-electron chi connectivity index (χ1n) is 6.77. The van der Waals surface area contributed by atoms with Crippen LogP contribution in [0.5, 0.6) is 0 Å². The Hall–Kier alpha value is -1.41. The Morgan fingerprint density at radius 3 is 2.95 bits per heavy atom. The SMILES string of the molecule is CCCc1nnc(SCC(=O)O)n1CC(C)c1nccs1. The molecule has 0 aliphatic heterocycles. The quantitative estimate of drug-likeness (QED) is 0.751. The van der Waals surface area contributed by atoms with Gasteiger partial charge in [0.15, 0.2) is 5.16 Å². The smallest absolute Gasteiger partial charge is 0.313 e. The number of carboxylic acids is 1. The predicted molar refractivity (Wildman–Crippen MR) is 82.9 cm³/mol. The van der Waals surface area contributed by atoms with Crippen molar-refractivity contribution in [2.24, 2.45) is 0 Å². The Morgan fingerprint density at radius 2 is 2.33 bits per heavy atom. The maximum Gasteiger partial charge on any atom is 0.313 e. The Morgan fingerprint density at radius 1 is 1.52 bits per heavy atom. The highest BCUT2D eigenvalue weighted by Crippen LogP contribution is 2.24. The Labute approximate surface area is 131 Å². The lowest BCUT2D eigenvalue weighted by atomic mass is 10.2. The first-order chi connectivity index (χ1) is 10.1. The molecule has 2 rings (SSSR count). The van der Waals surface area contributed by atoms with Crippen molar-refractivity contribution in [3.8, 4) is 0 Å². The molecule has 21 heavy (non-hydrogen) atoms. The van der Waals surface area contributed by atoms with Crippen LogP contribution in [0.4, 0.5) is 0 Å². The van der Waals surface area contributed by atoms with E-state index in [4.69, 9.17) is 5.11 Å². The van der Waals surface area contributed by atoms with E-state index < -0.39 is 5.97 Å². The lowest BCUT2D eigenvalue weighted by Gasteiger charge is -2.13. The van der Waals surface area contributed by atoms with Gasteiger partial charge in [0.25, 0.3) is 0 Å². The molecule has 0 saturated carbocycles. The molecule has 0 spiro atoms. The van der Waals surface area contributed by atoms with Crippen molar-refractivity contribution in [2.75, 3.05) is 5.75 Å². The molecule has 1 unspecified atom stereocenters. The average molecular weight is 326 g/mol. The monoisotopic (exact) mass is 326 g/mol. The Bertz CT molecular complexity index is 583. The number of carboxylic acid groups (broad SMARTS) is 1. The van der Waals surface area contributed by atoms with Crippen LogP contribution in [0.2, 0.25) is 0 Å². The maximum absolute atomic E-state index is 10.7. The molecule has 8 heteroatoms. The number of hydrogen-bond acceptors (Lipinski definition) is 6. The van der Waals surface area contributed by atoms with Crippen molar-refractivity contribution >= 4 is 29.1 Å². The zero-order valence-electron chi connectivity index (χ0n) is 12.0.